The maximum atomic E-state index is 5.87. The molecule has 92 valence electrons. The van der Waals surface area contributed by atoms with Gasteiger partial charge in [-0.2, -0.15) is 4.57 Å². The van der Waals surface area contributed by atoms with Gasteiger partial charge in [0.2, 0.25) is 5.69 Å². The van der Waals surface area contributed by atoms with Crippen molar-refractivity contribution < 1.29 is 4.57 Å². The zero-order valence-electron chi connectivity index (χ0n) is 10.6. The van der Waals surface area contributed by atoms with Crippen molar-refractivity contribution in [2.75, 3.05) is 5.88 Å². The topological polar surface area (TPSA) is 3.88 Å². The molecule has 0 spiro atoms. The molecule has 0 saturated carbocycles. The second kappa shape index (κ2) is 5.83. The van der Waals surface area contributed by atoms with E-state index in [0.29, 0.717) is 5.88 Å². The van der Waals surface area contributed by atoms with Gasteiger partial charge in [0.05, 0.1) is 11.4 Å². The van der Waals surface area contributed by atoms with Gasteiger partial charge in [-0.15, -0.1) is 11.6 Å². The zero-order chi connectivity index (χ0) is 13.0. The van der Waals surface area contributed by atoms with Gasteiger partial charge in [-0.25, -0.2) is 0 Å². The number of benzene rings is 1. The highest BCUT2D eigenvalue weighted by Crippen LogP contribution is 2.22. The van der Waals surface area contributed by atoms with Crippen molar-refractivity contribution >= 4 is 17.7 Å². The molecular formula is C16H17ClN+. The summed E-state index contributed by atoms with van der Waals surface area (Å²) in [4.78, 5) is 0. The van der Waals surface area contributed by atoms with Crippen molar-refractivity contribution in [1.29, 1.82) is 0 Å². The third-order valence-electron chi connectivity index (χ3n) is 2.97. The van der Waals surface area contributed by atoms with E-state index in [1.807, 2.05) is 12.1 Å². The van der Waals surface area contributed by atoms with Crippen LogP contribution in [0.25, 0.3) is 17.3 Å². The lowest BCUT2D eigenvalue weighted by Gasteiger charge is -2.07. The van der Waals surface area contributed by atoms with E-state index in [-0.39, 0.29) is 0 Å². The Morgan fingerprint density at radius 3 is 2.78 bits per heavy atom. The lowest BCUT2D eigenvalue weighted by Crippen LogP contribution is -2.37. The molecule has 2 heteroatoms. The van der Waals surface area contributed by atoms with Crippen molar-refractivity contribution in [2.45, 2.75) is 13.5 Å². The van der Waals surface area contributed by atoms with E-state index in [4.69, 9.17) is 11.6 Å². The van der Waals surface area contributed by atoms with Gasteiger partial charge in [-0.3, -0.25) is 0 Å². The minimum atomic E-state index is 0.608. The van der Waals surface area contributed by atoms with Crippen molar-refractivity contribution in [3.05, 3.63) is 60.3 Å². The van der Waals surface area contributed by atoms with Crippen LogP contribution >= 0.6 is 11.6 Å². The molecule has 0 N–H and O–H groups in total. The molecule has 0 amide bonds. The average Bonchev–Trinajstić information content (AvgIpc) is 2.41. The normalized spacial score (nSPS) is 10.3. The van der Waals surface area contributed by atoms with Gasteiger partial charge < -0.3 is 0 Å². The van der Waals surface area contributed by atoms with E-state index >= 15 is 0 Å². The van der Waals surface area contributed by atoms with Gasteiger partial charge in [0.25, 0.3) is 0 Å². The lowest BCUT2D eigenvalue weighted by molar-refractivity contribution is -0.681. The van der Waals surface area contributed by atoms with Crippen LogP contribution in [0.4, 0.5) is 0 Å². The molecule has 0 radical (unpaired) electrons. The Morgan fingerprint density at radius 1 is 1.28 bits per heavy atom. The first-order valence-corrected chi connectivity index (χ1v) is 6.57. The smallest absolute Gasteiger partial charge is 0.197 e. The van der Waals surface area contributed by atoms with Crippen LogP contribution in [0.1, 0.15) is 11.1 Å². The van der Waals surface area contributed by atoms with Crippen LogP contribution in [0, 0.1) is 6.92 Å². The highest BCUT2D eigenvalue weighted by atomic mass is 35.5. The summed E-state index contributed by atoms with van der Waals surface area (Å²) in [5, 5.41) is 0. The summed E-state index contributed by atoms with van der Waals surface area (Å²) in [5.74, 6) is 0.608. The Balaban J connectivity index is 2.61. The molecule has 1 heterocycles. The van der Waals surface area contributed by atoms with Crippen LogP contribution in [0.5, 0.6) is 0 Å². The first kappa shape index (κ1) is 12.8. The second-order valence-electron chi connectivity index (χ2n) is 4.26. The van der Waals surface area contributed by atoms with Crippen LogP contribution in [-0.2, 0) is 6.54 Å². The van der Waals surface area contributed by atoms with E-state index in [1.165, 1.54) is 16.8 Å². The van der Waals surface area contributed by atoms with E-state index in [0.717, 1.165) is 12.1 Å². The number of nitrogens with zero attached hydrogens (tertiary/aromatic N) is 1. The van der Waals surface area contributed by atoms with Crippen molar-refractivity contribution in [2.24, 2.45) is 0 Å². The van der Waals surface area contributed by atoms with E-state index in [1.54, 1.807) is 0 Å². The fourth-order valence-electron chi connectivity index (χ4n) is 2.06. The predicted molar refractivity (Wildman–Crippen MR) is 77.6 cm³/mol. The van der Waals surface area contributed by atoms with Crippen LogP contribution < -0.4 is 4.57 Å². The van der Waals surface area contributed by atoms with E-state index in [9.17, 15) is 0 Å². The highest BCUT2D eigenvalue weighted by Gasteiger charge is 2.14. The monoisotopic (exact) mass is 258 g/mol. The average molecular weight is 259 g/mol. The first-order valence-electron chi connectivity index (χ1n) is 6.04. The van der Waals surface area contributed by atoms with E-state index in [2.05, 4.69) is 54.6 Å². The Hall–Kier alpha value is -1.60. The standard InChI is InChI=1S/C16H17ClN/c1-3-14-6-4-5-7-15(14)16-12-13(2)8-10-18(16)11-9-17/h3-8,10,12H,1,9,11H2,2H3/q+1. The van der Waals surface area contributed by atoms with Gasteiger partial charge in [0, 0.05) is 12.1 Å². The number of rotatable bonds is 4. The van der Waals surface area contributed by atoms with Crippen LogP contribution in [-0.4, -0.2) is 5.88 Å². The Bertz CT molecular complexity index is 561. The molecule has 0 atom stereocenters. The fourth-order valence-corrected chi connectivity index (χ4v) is 2.24. The molecule has 1 aromatic heterocycles. The van der Waals surface area contributed by atoms with Gasteiger partial charge >= 0.3 is 0 Å². The molecule has 18 heavy (non-hydrogen) atoms. The van der Waals surface area contributed by atoms with Gasteiger partial charge in [0.1, 0.15) is 0 Å². The zero-order valence-corrected chi connectivity index (χ0v) is 11.3. The van der Waals surface area contributed by atoms with Gasteiger partial charge in [-0.1, -0.05) is 30.9 Å². The molecule has 0 aliphatic carbocycles. The molecule has 0 fully saturated rings. The Labute approximate surface area is 113 Å². The van der Waals surface area contributed by atoms with Crippen LogP contribution in [0.15, 0.2) is 49.2 Å². The number of pyridine rings is 1. The maximum absolute atomic E-state index is 5.87. The van der Waals surface area contributed by atoms with Crippen LogP contribution in [0.3, 0.4) is 0 Å². The number of halogens is 1. The quantitative estimate of drug-likeness (QED) is 0.580. The maximum Gasteiger partial charge on any atom is 0.213 e. The SMILES string of the molecule is C=Cc1ccccc1-c1cc(C)cc[n+]1CCCl. The van der Waals surface area contributed by atoms with Crippen molar-refractivity contribution in [3.63, 3.8) is 0 Å². The summed E-state index contributed by atoms with van der Waals surface area (Å²) in [7, 11) is 0. The van der Waals surface area contributed by atoms with Gasteiger partial charge in [-0.05, 0) is 24.1 Å². The molecule has 0 aliphatic rings. The number of hydrogen-bond donors (Lipinski definition) is 0. The molecule has 0 aliphatic heterocycles. The Morgan fingerprint density at radius 2 is 2.06 bits per heavy atom. The number of alkyl halides is 1. The molecule has 0 unspecified atom stereocenters. The summed E-state index contributed by atoms with van der Waals surface area (Å²) >= 11 is 5.87. The predicted octanol–water partition coefficient (Wildman–Crippen LogP) is 3.83. The van der Waals surface area contributed by atoms with Crippen LogP contribution in [0.2, 0.25) is 0 Å². The molecule has 0 bridgehead atoms. The summed E-state index contributed by atoms with van der Waals surface area (Å²) < 4.78 is 2.18. The largest absolute Gasteiger partial charge is 0.213 e. The second-order valence-corrected chi connectivity index (χ2v) is 4.64. The Kier molecular flexibility index (Phi) is 4.16. The third kappa shape index (κ3) is 2.62. The summed E-state index contributed by atoms with van der Waals surface area (Å²) in [6.07, 6.45) is 3.98. The number of aryl methyl sites for hydroxylation is 2. The number of aromatic nitrogens is 1. The minimum absolute atomic E-state index is 0.608. The van der Waals surface area contributed by atoms with Crippen molar-refractivity contribution in [3.8, 4) is 11.3 Å². The molecule has 1 nitrogen and oxygen atoms in total. The fraction of sp³-hybridized carbons (Fsp3) is 0.188. The van der Waals surface area contributed by atoms with Gasteiger partial charge in [0.15, 0.2) is 12.7 Å². The molecule has 1 aromatic carbocycles. The third-order valence-corrected chi connectivity index (χ3v) is 3.14. The molecule has 0 saturated heterocycles. The minimum Gasteiger partial charge on any atom is -0.197 e. The highest BCUT2D eigenvalue weighted by molar-refractivity contribution is 6.17. The molecule has 2 rings (SSSR count). The summed E-state index contributed by atoms with van der Waals surface area (Å²) in [6, 6.07) is 12.6. The number of hydrogen-bond acceptors (Lipinski definition) is 0. The first-order chi connectivity index (χ1) is 8.76. The lowest BCUT2D eigenvalue weighted by atomic mass is 10.0. The van der Waals surface area contributed by atoms with Crippen molar-refractivity contribution in [1.82, 2.24) is 0 Å². The van der Waals surface area contributed by atoms with E-state index < -0.39 is 0 Å². The summed E-state index contributed by atoms with van der Waals surface area (Å²) in [5.41, 5.74) is 4.77. The summed E-state index contributed by atoms with van der Waals surface area (Å²) in [6.45, 7) is 6.79. The molecule has 2 aromatic rings. The molecular weight excluding hydrogens is 242 g/mol.